The Labute approximate surface area is 155 Å². The van der Waals surface area contributed by atoms with Crippen molar-refractivity contribution in [2.24, 2.45) is 5.41 Å². The Morgan fingerprint density at radius 2 is 1.60 bits per heavy atom. The summed E-state index contributed by atoms with van der Waals surface area (Å²) in [5, 5.41) is 0. The van der Waals surface area contributed by atoms with Crippen LogP contribution >= 0.6 is 0 Å². The molecule has 0 amide bonds. The molecule has 1 nitrogen and oxygen atoms in total. The van der Waals surface area contributed by atoms with Gasteiger partial charge in [0.2, 0.25) is 0 Å². The Morgan fingerprint density at radius 3 is 2.28 bits per heavy atom. The van der Waals surface area contributed by atoms with Gasteiger partial charge in [0, 0.05) is 0 Å². The van der Waals surface area contributed by atoms with Gasteiger partial charge in [-0.1, -0.05) is 82.9 Å². The summed E-state index contributed by atoms with van der Waals surface area (Å²) in [6.45, 7) is 9.74. The van der Waals surface area contributed by atoms with Crippen LogP contribution in [-0.4, -0.2) is 7.85 Å². The summed E-state index contributed by atoms with van der Waals surface area (Å²) in [5.41, 5.74) is 2.90. The monoisotopic (exact) mass is 334 g/mol. The van der Waals surface area contributed by atoms with Crippen molar-refractivity contribution in [2.75, 3.05) is 0 Å². The minimum absolute atomic E-state index is 0.136. The molecule has 2 aromatic carbocycles. The fourth-order valence-electron chi connectivity index (χ4n) is 3.00. The molecular formula is C23H31BO. The smallest absolute Gasteiger partial charge is 0.120 e. The fraction of sp³-hybridized carbons (Fsp3) is 0.478. The highest BCUT2D eigenvalue weighted by atomic mass is 16.5. The SMILES string of the molecule is [B]CC(C)(C)CCCC(C)(C)c1cccc(OCc2ccccc2)c1. The molecule has 0 heterocycles. The second-order valence-electron chi connectivity index (χ2n) is 8.41. The summed E-state index contributed by atoms with van der Waals surface area (Å²) in [6.07, 6.45) is 4.25. The van der Waals surface area contributed by atoms with E-state index in [9.17, 15) is 0 Å². The quantitative estimate of drug-likeness (QED) is 0.487. The maximum atomic E-state index is 5.99. The van der Waals surface area contributed by atoms with Gasteiger partial charge in [-0.25, -0.2) is 0 Å². The molecule has 0 aromatic heterocycles. The highest BCUT2D eigenvalue weighted by molar-refractivity contribution is 6.08. The molecule has 2 heteroatoms. The summed E-state index contributed by atoms with van der Waals surface area (Å²) in [5.74, 6) is 0.941. The molecule has 0 bridgehead atoms. The van der Waals surface area contributed by atoms with Gasteiger partial charge < -0.3 is 4.74 Å². The molecule has 0 atom stereocenters. The predicted octanol–water partition coefficient (Wildman–Crippen LogP) is 6.33. The molecule has 0 unspecified atom stereocenters. The standard InChI is InChI=1S/C23H31BO/c1-22(2,18-24)14-9-15-23(3,4)20-12-8-13-21(16-20)25-17-19-10-6-5-7-11-19/h5-8,10-13,16H,9,14-15,17-18H2,1-4H3. The van der Waals surface area contributed by atoms with E-state index in [-0.39, 0.29) is 10.8 Å². The van der Waals surface area contributed by atoms with Gasteiger partial charge in [-0.2, -0.15) is 0 Å². The van der Waals surface area contributed by atoms with Gasteiger partial charge in [0.25, 0.3) is 0 Å². The maximum absolute atomic E-state index is 5.99. The van der Waals surface area contributed by atoms with Crippen LogP contribution in [0.25, 0.3) is 0 Å². The van der Waals surface area contributed by atoms with Gasteiger partial charge in [-0.15, -0.1) is 0 Å². The van der Waals surface area contributed by atoms with Crippen molar-refractivity contribution in [1.29, 1.82) is 0 Å². The second-order valence-corrected chi connectivity index (χ2v) is 8.41. The molecule has 25 heavy (non-hydrogen) atoms. The number of ether oxygens (including phenoxy) is 1. The normalized spacial score (nSPS) is 12.2. The van der Waals surface area contributed by atoms with Crippen LogP contribution in [0.1, 0.15) is 58.1 Å². The van der Waals surface area contributed by atoms with E-state index < -0.39 is 0 Å². The lowest BCUT2D eigenvalue weighted by Crippen LogP contribution is -2.19. The lowest BCUT2D eigenvalue weighted by atomic mass is 9.73. The van der Waals surface area contributed by atoms with Crippen LogP contribution in [0, 0.1) is 5.41 Å². The Balaban J connectivity index is 1.96. The first-order valence-electron chi connectivity index (χ1n) is 9.30. The molecule has 0 N–H and O–H groups in total. The molecule has 132 valence electrons. The first-order valence-corrected chi connectivity index (χ1v) is 9.30. The van der Waals surface area contributed by atoms with Crippen LogP contribution in [-0.2, 0) is 12.0 Å². The van der Waals surface area contributed by atoms with E-state index in [1.807, 2.05) is 24.3 Å². The van der Waals surface area contributed by atoms with Crippen molar-refractivity contribution in [2.45, 2.75) is 65.3 Å². The highest BCUT2D eigenvalue weighted by Crippen LogP contribution is 2.34. The van der Waals surface area contributed by atoms with E-state index in [1.54, 1.807) is 0 Å². The minimum Gasteiger partial charge on any atom is -0.489 e. The zero-order chi connectivity index (χ0) is 18.3. The van der Waals surface area contributed by atoms with Crippen LogP contribution in [0.15, 0.2) is 54.6 Å². The van der Waals surface area contributed by atoms with Crippen molar-refractivity contribution < 1.29 is 4.74 Å². The summed E-state index contributed by atoms with van der Waals surface area (Å²) in [4.78, 5) is 0. The molecule has 2 radical (unpaired) electrons. The molecule has 0 saturated carbocycles. The van der Waals surface area contributed by atoms with Crippen molar-refractivity contribution in [3.05, 3.63) is 65.7 Å². The summed E-state index contributed by atoms with van der Waals surface area (Å²) in [6, 6.07) is 18.8. The molecule has 0 fully saturated rings. The van der Waals surface area contributed by atoms with Gasteiger partial charge in [-0.3, -0.25) is 0 Å². The minimum atomic E-state index is 0.136. The number of benzene rings is 2. The first-order chi connectivity index (χ1) is 11.8. The van der Waals surface area contributed by atoms with Crippen LogP contribution < -0.4 is 4.74 Å². The predicted molar refractivity (Wildman–Crippen MR) is 108 cm³/mol. The molecule has 0 spiro atoms. The largest absolute Gasteiger partial charge is 0.489 e. The number of hydrogen-bond acceptors (Lipinski definition) is 1. The highest BCUT2D eigenvalue weighted by Gasteiger charge is 2.23. The van der Waals surface area contributed by atoms with E-state index in [2.05, 4.69) is 58.0 Å². The van der Waals surface area contributed by atoms with E-state index in [0.29, 0.717) is 6.61 Å². The number of rotatable bonds is 9. The Hall–Kier alpha value is -1.70. The summed E-state index contributed by atoms with van der Waals surface area (Å²) in [7, 11) is 5.85. The molecule has 0 aliphatic carbocycles. The van der Waals surface area contributed by atoms with E-state index in [1.165, 1.54) is 17.5 Å². The zero-order valence-electron chi connectivity index (χ0n) is 16.2. The zero-order valence-corrected chi connectivity index (χ0v) is 16.2. The van der Waals surface area contributed by atoms with Gasteiger partial charge in [0.15, 0.2) is 0 Å². The fourth-order valence-corrected chi connectivity index (χ4v) is 3.00. The van der Waals surface area contributed by atoms with Crippen molar-refractivity contribution in [1.82, 2.24) is 0 Å². The Bertz CT molecular complexity index is 646. The summed E-state index contributed by atoms with van der Waals surface area (Å²) < 4.78 is 5.99. The van der Waals surface area contributed by atoms with Crippen molar-refractivity contribution >= 4 is 7.85 Å². The first kappa shape index (κ1) is 19.6. The molecule has 0 aliphatic heterocycles. The van der Waals surface area contributed by atoms with Gasteiger partial charge in [-0.05, 0) is 46.9 Å². The number of hydrogen-bond donors (Lipinski definition) is 0. The third kappa shape index (κ3) is 6.27. The molecule has 0 saturated heterocycles. The average molecular weight is 334 g/mol. The van der Waals surface area contributed by atoms with E-state index >= 15 is 0 Å². The lowest BCUT2D eigenvalue weighted by Gasteiger charge is -2.29. The molecular weight excluding hydrogens is 303 g/mol. The van der Waals surface area contributed by atoms with E-state index in [0.717, 1.165) is 24.9 Å². The van der Waals surface area contributed by atoms with Gasteiger partial charge in [0.1, 0.15) is 12.4 Å². The second kappa shape index (κ2) is 8.60. The molecule has 2 aromatic rings. The van der Waals surface area contributed by atoms with Crippen molar-refractivity contribution in [3.63, 3.8) is 0 Å². The third-order valence-corrected chi connectivity index (χ3v) is 5.07. The van der Waals surface area contributed by atoms with Gasteiger partial charge in [0.05, 0.1) is 7.85 Å². The molecule has 2 rings (SSSR count). The van der Waals surface area contributed by atoms with Crippen LogP contribution in [0.3, 0.4) is 0 Å². The third-order valence-electron chi connectivity index (χ3n) is 5.07. The summed E-state index contributed by atoms with van der Waals surface area (Å²) >= 11 is 0. The maximum Gasteiger partial charge on any atom is 0.120 e. The molecule has 0 aliphatic rings. The van der Waals surface area contributed by atoms with E-state index in [4.69, 9.17) is 12.6 Å². The van der Waals surface area contributed by atoms with Crippen LogP contribution in [0.2, 0.25) is 6.32 Å². The Kier molecular flexibility index (Phi) is 6.75. The Morgan fingerprint density at radius 1 is 0.880 bits per heavy atom. The lowest BCUT2D eigenvalue weighted by molar-refractivity contribution is 0.304. The average Bonchev–Trinajstić information content (AvgIpc) is 2.61. The van der Waals surface area contributed by atoms with Crippen molar-refractivity contribution in [3.8, 4) is 5.75 Å². The van der Waals surface area contributed by atoms with Gasteiger partial charge >= 0.3 is 0 Å². The topological polar surface area (TPSA) is 9.23 Å². The van der Waals surface area contributed by atoms with Crippen LogP contribution in [0.4, 0.5) is 0 Å². The van der Waals surface area contributed by atoms with Crippen LogP contribution in [0.5, 0.6) is 5.75 Å².